The van der Waals surface area contributed by atoms with Gasteiger partial charge in [-0.1, -0.05) is 20.8 Å². The number of aromatic nitrogens is 3. The first-order chi connectivity index (χ1) is 9.86. The second-order valence-electron chi connectivity index (χ2n) is 5.54. The Morgan fingerprint density at radius 1 is 1.19 bits per heavy atom. The molecule has 0 aromatic carbocycles. The fraction of sp³-hybridized carbons (Fsp3) is 0.500. The lowest BCUT2D eigenvalue weighted by atomic mass is 9.98. The van der Waals surface area contributed by atoms with E-state index in [1.807, 2.05) is 5.38 Å². The van der Waals surface area contributed by atoms with Crippen molar-refractivity contribution in [1.82, 2.24) is 15.0 Å². The van der Waals surface area contributed by atoms with E-state index in [0.29, 0.717) is 17.3 Å². The van der Waals surface area contributed by atoms with Gasteiger partial charge in [-0.05, 0) is 0 Å². The fourth-order valence-corrected chi connectivity index (χ4v) is 2.62. The maximum absolute atomic E-state index is 10.5. The van der Waals surface area contributed by atoms with E-state index >= 15 is 0 Å². The Hall–Kier alpha value is -1.73. The van der Waals surface area contributed by atoms with Crippen molar-refractivity contribution >= 4 is 11.3 Å². The molecule has 2 aromatic rings. The molecule has 2 heterocycles. The molecule has 0 amide bonds. The van der Waals surface area contributed by atoms with E-state index in [1.54, 1.807) is 0 Å². The predicted molar refractivity (Wildman–Crippen MR) is 80.0 cm³/mol. The maximum atomic E-state index is 10.5. The van der Waals surface area contributed by atoms with Crippen LogP contribution >= 0.6 is 11.3 Å². The van der Waals surface area contributed by atoms with Crippen molar-refractivity contribution in [3.05, 3.63) is 28.0 Å². The molecule has 7 heteroatoms. The highest BCUT2D eigenvalue weighted by molar-refractivity contribution is 7.09. The van der Waals surface area contributed by atoms with Crippen LogP contribution in [0.25, 0.3) is 0 Å². The second-order valence-corrected chi connectivity index (χ2v) is 6.40. The molecule has 1 atom stereocenters. The van der Waals surface area contributed by atoms with Crippen molar-refractivity contribution in [2.45, 2.75) is 32.3 Å². The fourth-order valence-electron chi connectivity index (χ4n) is 1.70. The average molecular weight is 309 g/mol. The monoisotopic (exact) mass is 309 g/mol. The van der Waals surface area contributed by atoms with E-state index in [4.69, 9.17) is 9.47 Å². The minimum atomic E-state index is -0.981. The summed E-state index contributed by atoms with van der Waals surface area (Å²) < 4.78 is 10.2. The van der Waals surface area contributed by atoms with E-state index in [0.717, 1.165) is 5.01 Å². The maximum Gasteiger partial charge on any atom is 0.241 e. The van der Waals surface area contributed by atoms with Gasteiger partial charge in [-0.25, -0.2) is 9.97 Å². The SMILES string of the molecule is COc1cnc(C(O)c2csc(C(C)(C)C)n2)c(OC)n1. The Kier molecular flexibility index (Phi) is 4.43. The summed E-state index contributed by atoms with van der Waals surface area (Å²) in [4.78, 5) is 12.8. The van der Waals surface area contributed by atoms with E-state index in [-0.39, 0.29) is 11.3 Å². The minimum absolute atomic E-state index is 0.0572. The Bertz CT molecular complexity index is 622. The van der Waals surface area contributed by atoms with Gasteiger partial charge in [0.2, 0.25) is 11.8 Å². The van der Waals surface area contributed by atoms with Crippen LogP contribution in [0.3, 0.4) is 0 Å². The first kappa shape index (κ1) is 15.7. The highest BCUT2D eigenvalue weighted by Crippen LogP contribution is 2.32. The largest absolute Gasteiger partial charge is 0.480 e. The molecule has 0 saturated heterocycles. The van der Waals surface area contributed by atoms with Gasteiger partial charge in [0.05, 0.1) is 31.1 Å². The first-order valence-corrected chi connectivity index (χ1v) is 7.33. The van der Waals surface area contributed by atoms with Gasteiger partial charge in [0.1, 0.15) is 11.8 Å². The number of hydrogen-bond acceptors (Lipinski definition) is 7. The standard InChI is InChI=1S/C14H19N3O3S/c1-14(2,3)13-16-8(7-21-13)11(18)10-12(20-5)17-9(19-4)6-15-10/h6-7,11,18H,1-5H3. The number of rotatable bonds is 4. The van der Waals surface area contributed by atoms with Crippen molar-refractivity contribution < 1.29 is 14.6 Å². The Labute approximate surface area is 127 Å². The summed E-state index contributed by atoms with van der Waals surface area (Å²) in [5.41, 5.74) is 0.810. The first-order valence-electron chi connectivity index (χ1n) is 6.45. The summed E-state index contributed by atoms with van der Waals surface area (Å²) in [5.74, 6) is 0.559. The summed E-state index contributed by atoms with van der Waals surface area (Å²) >= 11 is 1.52. The van der Waals surface area contributed by atoms with Crippen LogP contribution < -0.4 is 9.47 Å². The van der Waals surface area contributed by atoms with E-state index in [9.17, 15) is 5.11 Å². The van der Waals surface area contributed by atoms with Crippen molar-refractivity contribution in [3.8, 4) is 11.8 Å². The smallest absolute Gasteiger partial charge is 0.241 e. The molecule has 21 heavy (non-hydrogen) atoms. The van der Waals surface area contributed by atoms with Crippen molar-refractivity contribution in [1.29, 1.82) is 0 Å². The molecule has 0 radical (unpaired) electrons. The van der Waals surface area contributed by atoms with Crippen LogP contribution in [0.2, 0.25) is 0 Å². The van der Waals surface area contributed by atoms with Gasteiger partial charge in [0.15, 0.2) is 0 Å². The number of methoxy groups -OCH3 is 2. The van der Waals surface area contributed by atoms with Gasteiger partial charge < -0.3 is 14.6 Å². The second kappa shape index (κ2) is 5.95. The molecule has 1 N–H and O–H groups in total. The van der Waals surface area contributed by atoms with Gasteiger partial charge in [-0.15, -0.1) is 11.3 Å². The molecule has 1 unspecified atom stereocenters. The summed E-state index contributed by atoms with van der Waals surface area (Å²) in [6.45, 7) is 6.24. The zero-order chi connectivity index (χ0) is 15.6. The summed E-state index contributed by atoms with van der Waals surface area (Å²) in [7, 11) is 2.97. The number of aliphatic hydroxyl groups excluding tert-OH is 1. The minimum Gasteiger partial charge on any atom is -0.480 e. The summed E-state index contributed by atoms with van der Waals surface area (Å²) in [6, 6.07) is 0. The predicted octanol–water partition coefficient (Wildman–Crippen LogP) is 2.33. The third-order valence-electron chi connectivity index (χ3n) is 2.85. The highest BCUT2D eigenvalue weighted by atomic mass is 32.1. The van der Waals surface area contributed by atoms with Crippen LogP contribution in [0, 0.1) is 0 Å². The highest BCUT2D eigenvalue weighted by Gasteiger charge is 2.24. The quantitative estimate of drug-likeness (QED) is 0.934. The number of nitrogens with zero attached hydrogens (tertiary/aromatic N) is 3. The van der Waals surface area contributed by atoms with Gasteiger partial charge >= 0.3 is 0 Å². The van der Waals surface area contributed by atoms with E-state index < -0.39 is 6.10 Å². The molecule has 0 bridgehead atoms. The molecule has 0 aliphatic carbocycles. The average Bonchev–Trinajstić information content (AvgIpc) is 2.95. The molecular weight excluding hydrogens is 290 g/mol. The molecule has 0 aliphatic rings. The molecule has 0 saturated carbocycles. The van der Waals surface area contributed by atoms with Crippen LogP contribution in [-0.2, 0) is 5.41 Å². The van der Waals surface area contributed by atoms with Crippen molar-refractivity contribution in [3.63, 3.8) is 0 Å². The third kappa shape index (κ3) is 3.30. The third-order valence-corrected chi connectivity index (χ3v) is 4.14. The lowest BCUT2D eigenvalue weighted by Crippen LogP contribution is -2.12. The molecule has 6 nitrogen and oxygen atoms in total. The Morgan fingerprint density at radius 2 is 1.90 bits per heavy atom. The Morgan fingerprint density at radius 3 is 2.43 bits per heavy atom. The normalized spacial score (nSPS) is 13.0. The zero-order valence-corrected chi connectivity index (χ0v) is 13.6. The Balaban J connectivity index is 2.35. The molecule has 0 fully saturated rings. The molecule has 2 rings (SSSR count). The number of aliphatic hydroxyl groups is 1. The zero-order valence-electron chi connectivity index (χ0n) is 12.7. The van der Waals surface area contributed by atoms with Crippen LogP contribution in [0.15, 0.2) is 11.6 Å². The van der Waals surface area contributed by atoms with Crippen molar-refractivity contribution in [2.24, 2.45) is 0 Å². The lowest BCUT2D eigenvalue weighted by Gasteiger charge is -2.14. The van der Waals surface area contributed by atoms with Crippen LogP contribution in [0.4, 0.5) is 0 Å². The van der Waals surface area contributed by atoms with Gasteiger partial charge in [-0.2, -0.15) is 4.98 Å². The number of thiazole rings is 1. The molecular formula is C14H19N3O3S. The summed E-state index contributed by atoms with van der Waals surface area (Å²) in [5, 5.41) is 13.3. The van der Waals surface area contributed by atoms with E-state index in [2.05, 4.69) is 35.7 Å². The van der Waals surface area contributed by atoms with Crippen LogP contribution in [0.5, 0.6) is 11.8 Å². The van der Waals surface area contributed by atoms with Gasteiger partial charge in [-0.3, -0.25) is 0 Å². The lowest BCUT2D eigenvalue weighted by molar-refractivity contribution is 0.202. The van der Waals surface area contributed by atoms with Gasteiger partial charge in [0, 0.05) is 10.8 Å². The molecule has 0 spiro atoms. The topological polar surface area (TPSA) is 77.4 Å². The van der Waals surface area contributed by atoms with Crippen LogP contribution in [-0.4, -0.2) is 34.3 Å². The van der Waals surface area contributed by atoms with E-state index in [1.165, 1.54) is 31.8 Å². The van der Waals surface area contributed by atoms with Crippen LogP contribution in [0.1, 0.15) is 43.3 Å². The van der Waals surface area contributed by atoms with Crippen molar-refractivity contribution in [2.75, 3.05) is 14.2 Å². The molecule has 2 aromatic heterocycles. The summed E-state index contributed by atoms with van der Waals surface area (Å²) in [6.07, 6.45) is 0.462. The van der Waals surface area contributed by atoms with Gasteiger partial charge in [0.25, 0.3) is 0 Å². The number of hydrogen-bond donors (Lipinski definition) is 1. The molecule has 0 aliphatic heterocycles. The molecule has 114 valence electrons. The number of ether oxygens (including phenoxy) is 2.